The molecule has 200 valence electrons. The lowest BCUT2D eigenvalue weighted by Gasteiger charge is -2.34. The average Bonchev–Trinajstić information content (AvgIpc) is 3.29. The molecule has 1 atom stereocenters. The summed E-state index contributed by atoms with van der Waals surface area (Å²) in [6, 6.07) is 9.08. The van der Waals surface area contributed by atoms with Crippen molar-refractivity contribution in [1.82, 2.24) is 34.8 Å². The van der Waals surface area contributed by atoms with Gasteiger partial charge in [-0.2, -0.15) is 13.2 Å². The standard InChI is InChI=1S/C25H21ClF3N9O/c1-37-13-34-17-9-15(3-4-19(17)37)39-20-5-2-14(8-16(20)26)35-23-22-18(32-12-33-23)10-31-24(36-22)38-7-6-30-21(11-38)25(27,28)29/h2-5,8-10,12-13,21,30H,6-7,11H2,1H3,(H,32,33,35)/t21-/m1/s1. The zero-order chi connectivity index (χ0) is 27.1. The quantitative estimate of drug-likeness (QED) is 0.315. The second-order valence-electron chi connectivity index (χ2n) is 9.00. The number of benzene rings is 2. The van der Waals surface area contributed by atoms with Crippen LogP contribution in [-0.2, 0) is 7.05 Å². The first kappa shape index (κ1) is 25.1. The Morgan fingerprint density at radius 3 is 2.77 bits per heavy atom. The van der Waals surface area contributed by atoms with E-state index in [1.165, 1.54) is 17.4 Å². The van der Waals surface area contributed by atoms with E-state index in [4.69, 9.17) is 16.3 Å². The van der Waals surface area contributed by atoms with Crippen LogP contribution in [0.25, 0.3) is 22.1 Å². The first-order valence-corrected chi connectivity index (χ1v) is 12.3. The van der Waals surface area contributed by atoms with Crippen LogP contribution in [-0.4, -0.2) is 61.3 Å². The number of nitrogens with zero attached hydrogens (tertiary/aromatic N) is 7. The van der Waals surface area contributed by atoms with Crippen LogP contribution in [0.1, 0.15) is 0 Å². The van der Waals surface area contributed by atoms with E-state index in [2.05, 4.69) is 35.6 Å². The summed E-state index contributed by atoms with van der Waals surface area (Å²) in [5, 5.41) is 6.01. The maximum atomic E-state index is 13.3. The Balaban J connectivity index is 1.23. The molecule has 0 spiro atoms. The van der Waals surface area contributed by atoms with E-state index in [0.29, 0.717) is 45.6 Å². The van der Waals surface area contributed by atoms with E-state index in [-0.39, 0.29) is 19.0 Å². The van der Waals surface area contributed by atoms with Crippen molar-refractivity contribution < 1.29 is 17.9 Å². The van der Waals surface area contributed by atoms with Gasteiger partial charge in [-0.15, -0.1) is 0 Å². The predicted molar refractivity (Wildman–Crippen MR) is 141 cm³/mol. The van der Waals surface area contributed by atoms with Gasteiger partial charge < -0.3 is 24.8 Å². The Labute approximate surface area is 224 Å². The molecule has 0 saturated carbocycles. The molecular weight excluding hydrogens is 535 g/mol. The van der Waals surface area contributed by atoms with Crippen molar-refractivity contribution in [3.63, 3.8) is 0 Å². The number of halogens is 4. The zero-order valence-electron chi connectivity index (χ0n) is 20.4. The van der Waals surface area contributed by atoms with Gasteiger partial charge in [-0.05, 0) is 30.3 Å². The summed E-state index contributed by atoms with van der Waals surface area (Å²) in [6.45, 7) is 0.194. The zero-order valence-corrected chi connectivity index (χ0v) is 21.2. The fraction of sp³-hybridized carbons (Fsp3) is 0.240. The number of aromatic nitrogens is 6. The van der Waals surface area contributed by atoms with Gasteiger partial charge in [0.2, 0.25) is 5.95 Å². The molecule has 14 heteroatoms. The van der Waals surface area contributed by atoms with E-state index in [1.54, 1.807) is 24.5 Å². The topological polar surface area (TPSA) is 106 Å². The van der Waals surface area contributed by atoms with Crippen molar-refractivity contribution in [2.45, 2.75) is 12.2 Å². The highest BCUT2D eigenvalue weighted by Crippen LogP contribution is 2.34. The van der Waals surface area contributed by atoms with E-state index in [0.717, 1.165) is 11.0 Å². The Morgan fingerprint density at radius 1 is 1.08 bits per heavy atom. The Hall–Kier alpha value is -4.23. The SMILES string of the molecule is Cn1cnc2cc(Oc3ccc(Nc4ncnc5cnc(N6CCN[C@@H](C(F)(F)F)C6)nc45)cc3Cl)ccc21. The fourth-order valence-electron chi connectivity index (χ4n) is 4.34. The molecule has 1 fully saturated rings. The molecule has 39 heavy (non-hydrogen) atoms. The van der Waals surface area contributed by atoms with E-state index < -0.39 is 12.2 Å². The predicted octanol–water partition coefficient (Wildman–Crippen LogP) is 4.84. The van der Waals surface area contributed by atoms with Gasteiger partial charge in [0.15, 0.2) is 5.82 Å². The highest BCUT2D eigenvalue weighted by atomic mass is 35.5. The number of alkyl halides is 3. The molecular formula is C25H21ClF3N9O. The molecule has 10 nitrogen and oxygen atoms in total. The second-order valence-corrected chi connectivity index (χ2v) is 9.41. The molecule has 2 aromatic carbocycles. The molecule has 1 aliphatic heterocycles. The minimum absolute atomic E-state index is 0.157. The molecule has 0 radical (unpaired) electrons. The van der Waals surface area contributed by atoms with E-state index in [1.807, 2.05) is 29.8 Å². The number of imidazole rings is 1. The van der Waals surface area contributed by atoms with Crippen LogP contribution < -0.4 is 20.3 Å². The largest absolute Gasteiger partial charge is 0.456 e. The van der Waals surface area contributed by atoms with Gasteiger partial charge >= 0.3 is 6.18 Å². The fourth-order valence-corrected chi connectivity index (χ4v) is 4.56. The molecule has 0 bridgehead atoms. The molecule has 1 aliphatic rings. The van der Waals surface area contributed by atoms with Crippen LogP contribution in [0, 0.1) is 0 Å². The Kier molecular flexibility index (Phi) is 6.31. The van der Waals surface area contributed by atoms with Gasteiger partial charge in [0.05, 0.1) is 28.6 Å². The molecule has 4 heterocycles. The third-order valence-electron chi connectivity index (χ3n) is 6.34. The van der Waals surface area contributed by atoms with Crippen molar-refractivity contribution >= 4 is 51.1 Å². The van der Waals surface area contributed by atoms with Crippen molar-refractivity contribution in [2.24, 2.45) is 7.05 Å². The molecule has 2 N–H and O–H groups in total. The van der Waals surface area contributed by atoms with E-state index >= 15 is 0 Å². The first-order chi connectivity index (χ1) is 18.7. The summed E-state index contributed by atoms with van der Waals surface area (Å²) in [4.78, 5) is 23.0. The number of fused-ring (bicyclic) bond motifs is 2. The van der Waals surface area contributed by atoms with Crippen LogP contribution in [0.4, 0.5) is 30.6 Å². The maximum Gasteiger partial charge on any atom is 0.405 e. The molecule has 0 aliphatic carbocycles. The number of aryl methyl sites for hydroxylation is 1. The molecule has 6 rings (SSSR count). The minimum Gasteiger partial charge on any atom is -0.456 e. The van der Waals surface area contributed by atoms with Gasteiger partial charge in [-0.25, -0.2) is 24.9 Å². The highest BCUT2D eigenvalue weighted by Gasteiger charge is 2.42. The second kappa shape index (κ2) is 9.82. The lowest BCUT2D eigenvalue weighted by molar-refractivity contribution is -0.155. The van der Waals surface area contributed by atoms with Crippen molar-refractivity contribution in [2.75, 3.05) is 29.9 Å². The smallest absolute Gasteiger partial charge is 0.405 e. The molecule has 3 aromatic heterocycles. The van der Waals surface area contributed by atoms with Crippen LogP contribution in [0.3, 0.4) is 0 Å². The van der Waals surface area contributed by atoms with Crippen molar-refractivity contribution in [1.29, 1.82) is 0 Å². The number of rotatable bonds is 5. The van der Waals surface area contributed by atoms with Gasteiger partial charge in [0.1, 0.15) is 34.9 Å². The maximum absolute atomic E-state index is 13.3. The van der Waals surface area contributed by atoms with Gasteiger partial charge in [0, 0.05) is 38.4 Å². The summed E-state index contributed by atoms with van der Waals surface area (Å²) >= 11 is 6.52. The Morgan fingerprint density at radius 2 is 1.95 bits per heavy atom. The monoisotopic (exact) mass is 555 g/mol. The number of nitrogens with one attached hydrogen (secondary N) is 2. The number of ether oxygens (including phenoxy) is 1. The average molecular weight is 556 g/mol. The number of piperazine rings is 1. The van der Waals surface area contributed by atoms with Crippen molar-refractivity contribution in [3.05, 3.63) is 60.3 Å². The Bertz CT molecular complexity index is 1680. The van der Waals surface area contributed by atoms with Crippen LogP contribution >= 0.6 is 11.6 Å². The minimum atomic E-state index is -4.37. The van der Waals surface area contributed by atoms with Gasteiger partial charge in [0.25, 0.3) is 0 Å². The third-order valence-corrected chi connectivity index (χ3v) is 6.63. The van der Waals surface area contributed by atoms with E-state index in [9.17, 15) is 13.2 Å². The number of hydrogen-bond acceptors (Lipinski definition) is 9. The van der Waals surface area contributed by atoms with Crippen LogP contribution in [0.15, 0.2) is 55.2 Å². The van der Waals surface area contributed by atoms with Crippen molar-refractivity contribution in [3.8, 4) is 11.5 Å². The normalized spacial score (nSPS) is 16.1. The summed E-state index contributed by atoms with van der Waals surface area (Å²) in [5.41, 5.74) is 3.19. The summed E-state index contributed by atoms with van der Waals surface area (Å²) in [5.74, 6) is 1.57. The molecule has 0 unspecified atom stereocenters. The van der Waals surface area contributed by atoms with Crippen LogP contribution in [0.5, 0.6) is 11.5 Å². The molecule has 0 amide bonds. The van der Waals surface area contributed by atoms with Gasteiger partial charge in [-0.3, -0.25) is 0 Å². The molecule has 1 saturated heterocycles. The summed E-state index contributed by atoms with van der Waals surface area (Å²) in [6.07, 6.45) is 0.184. The van der Waals surface area contributed by atoms with Gasteiger partial charge in [-0.1, -0.05) is 11.6 Å². The number of anilines is 3. The molecule has 5 aromatic rings. The summed E-state index contributed by atoms with van der Waals surface area (Å²) in [7, 11) is 1.92. The highest BCUT2D eigenvalue weighted by molar-refractivity contribution is 6.32. The number of hydrogen-bond donors (Lipinski definition) is 2. The summed E-state index contributed by atoms with van der Waals surface area (Å²) < 4.78 is 47.6. The first-order valence-electron chi connectivity index (χ1n) is 11.9. The lowest BCUT2D eigenvalue weighted by atomic mass is 10.2. The lowest BCUT2D eigenvalue weighted by Crippen LogP contribution is -2.57. The van der Waals surface area contributed by atoms with Crippen LogP contribution in [0.2, 0.25) is 5.02 Å². The third kappa shape index (κ3) is 5.10.